The van der Waals surface area contributed by atoms with Crippen molar-refractivity contribution in [2.45, 2.75) is 52.6 Å². The van der Waals surface area contributed by atoms with Crippen LogP contribution in [0.2, 0.25) is 5.02 Å². The number of morpholine rings is 1. The van der Waals surface area contributed by atoms with Gasteiger partial charge >= 0.3 is 39.8 Å². The highest BCUT2D eigenvalue weighted by atomic mass is 35.5. The lowest BCUT2D eigenvalue weighted by Gasteiger charge is -2.27. The second-order valence-electron chi connectivity index (χ2n) is 26.3. The largest absolute Gasteiger partial charge is 0.508 e. The Kier molecular flexibility index (Phi) is 25.2. The number of ether oxygens (including phenoxy) is 7. The molecular weight excluding hydrogens is 1450 g/mol. The first-order valence-corrected chi connectivity index (χ1v) is 35.2. The Balaban J connectivity index is 0.000000170. The summed E-state index contributed by atoms with van der Waals surface area (Å²) < 4.78 is 86.8. The molecule has 0 saturated carbocycles. The van der Waals surface area contributed by atoms with E-state index >= 15 is 0 Å². The third kappa shape index (κ3) is 19.6. The molecule has 14 rings (SSSR count). The van der Waals surface area contributed by atoms with Crippen molar-refractivity contribution >= 4 is 83.5 Å². The smallest absolute Gasteiger partial charge is 0.407 e. The van der Waals surface area contributed by atoms with Gasteiger partial charge in [0, 0.05) is 138 Å². The van der Waals surface area contributed by atoms with Crippen LogP contribution in [0.15, 0.2) is 201 Å². The molecule has 1 amide bonds. The van der Waals surface area contributed by atoms with Crippen molar-refractivity contribution in [3.63, 3.8) is 0 Å². The average molecular weight is 1530 g/mol. The lowest BCUT2D eigenvalue weighted by molar-refractivity contribution is 0.0339. The van der Waals surface area contributed by atoms with Gasteiger partial charge in [-0.05, 0) is 118 Å². The molecule has 0 radical (unpaired) electrons. The topological polar surface area (TPSA) is 353 Å². The maximum absolute atomic E-state index is 13.7. The van der Waals surface area contributed by atoms with Gasteiger partial charge in [0.2, 0.25) is 0 Å². The summed E-state index contributed by atoms with van der Waals surface area (Å²) in [6.45, 7) is 13.0. The van der Waals surface area contributed by atoms with Gasteiger partial charge in [-0.25, -0.2) is 42.6 Å². The summed E-state index contributed by atoms with van der Waals surface area (Å²) in [5.74, 6) is -0.0492. The predicted octanol–water partition coefficient (Wildman–Crippen LogP) is 11.6. The van der Waals surface area contributed by atoms with Gasteiger partial charge in [-0.1, -0.05) is 35.0 Å². The van der Waals surface area contributed by atoms with E-state index in [2.05, 4.69) is 25.4 Å². The molecule has 572 valence electrons. The molecular formula is C80H76ClFN6O22. The van der Waals surface area contributed by atoms with E-state index in [4.69, 9.17) is 71.3 Å². The number of nitrogens with one attached hydrogen (secondary N) is 1. The molecule has 1 aliphatic rings. The van der Waals surface area contributed by atoms with E-state index in [9.17, 15) is 48.2 Å². The maximum atomic E-state index is 13.7. The minimum absolute atomic E-state index is 0.00749. The lowest BCUT2D eigenvalue weighted by atomic mass is 9.99. The highest BCUT2D eigenvalue weighted by Gasteiger charge is 2.25. The number of para-hydroxylation sites is 1. The van der Waals surface area contributed by atoms with Crippen LogP contribution in [0.3, 0.4) is 0 Å². The van der Waals surface area contributed by atoms with Gasteiger partial charge in [-0.3, -0.25) is 9.80 Å². The number of fused-ring (bicyclic) bond motifs is 6. The van der Waals surface area contributed by atoms with E-state index < -0.39 is 51.3 Å². The summed E-state index contributed by atoms with van der Waals surface area (Å²) in [5, 5.41) is 34.9. The summed E-state index contributed by atoms with van der Waals surface area (Å²) in [6, 6.07) is 35.5. The summed E-state index contributed by atoms with van der Waals surface area (Å²) >= 11 is 5.98. The highest BCUT2D eigenvalue weighted by Crippen LogP contribution is 2.38. The molecule has 1 aliphatic heterocycles. The van der Waals surface area contributed by atoms with Crippen molar-refractivity contribution in [1.82, 2.24) is 30.1 Å². The van der Waals surface area contributed by atoms with Crippen molar-refractivity contribution in [2.24, 2.45) is 0 Å². The SMILES string of the molecule is COCCN(CCOC)Cc1c(OCc2cn(CCOCCOCCNC(=O)OC(C)(C)C)nn2)ccc2c(-c3cc4ccccc4oc3=O)cc(=O)oc12.O=c1cc(-c2cc3cc(Cl)ccc3oc2=O)c2ccc(O)cc2o1.O=c1cc(-c2cc3cc(F)ccc3oc2=O)c2ccc(O)c(CN3CCOCC3)c2o1. The number of hydrogen-bond donors (Lipinski definition) is 3. The number of hydrogen-bond acceptors (Lipinski definition) is 26. The van der Waals surface area contributed by atoms with Gasteiger partial charge in [0.05, 0.1) is 93.4 Å². The van der Waals surface area contributed by atoms with Crippen molar-refractivity contribution in [3.05, 3.63) is 236 Å². The van der Waals surface area contributed by atoms with Crippen LogP contribution < -0.4 is 43.8 Å². The number of aromatic hydroxyl groups is 2. The number of methoxy groups -OCH3 is 2. The van der Waals surface area contributed by atoms with Gasteiger partial charge < -0.3 is 75.2 Å². The first-order chi connectivity index (χ1) is 53.0. The van der Waals surface area contributed by atoms with Gasteiger partial charge in [0.15, 0.2) is 0 Å². The van der Waals surface area contributed by atoms with Crippen molar-refractivity contribution in [1.29, 1.82) is 0 Å². The zero-order valence-electron chi connectivity index (χ0n) is 60.4. The molecule has 30 heteroatoms. The number of carbonyl (C=O) groups is 1. The molecule has 6 aromatic carbocycles. The number of rotatable bonds is 25. The summed E-state index contributed by atoms with van der Waals surface area (Å²) in [5.41, 5.74) is 0.754. The fourth-order valence-corrected chi connectivity index (χ4v) is 12.4. The number of carbonyl (C=O) groups excluding carboxylic acids is 1. The molecule has 8 heterocycles. The summed E-state index contributed by atoms with van der Waals surface area (Å²) in [7, 11) is 3.26. The van der Waals surface area contributed by atoms with E-state index in [1.807, 2.05) is 12.1 Å². The Bertz CT molecular complexity index is 5870. The van der Waals surface area contributed by atoms with Crippen LogP contribution in [-0.2, 0) is 54.7 Å². The Morgan fingerprint density at radius 1 is 0.591 bits per heavy atom. The Labute approximate surface area is 628 Å². The zero-order valence-corrected chi connectivity index (χ0v) is 61.2. The molecule has 7 aromatic heterocycles. The van der Waals surface area contributed by atoms with E-state index in [-0.39, 0.29) is 57.1 Å². The van der Waals surface area contributed by atoms with Crippen LogP contribution in [0.4, 0.5) is 9.18 Å². The van der Waals surface area contributed by atoms with Crippen LogP contribution in [0.1, 0.15) is 37.6 Å². The number of nitrogens with zero attached hydrogens (tertiary/aromatic N) is 5. The summed E-state index contributed by atoms with van der Waals surface area (Å²) in [4.78, 5) is 91.4. The monoisotopic (exact) mass is 1530 g/mol. The van der Waals surface area contributed by atoms with E-state index in [1.54, 1.807) is 113 Å². The molecule has 0 unspecified atom stereocenters. The van der Waals surface area contributed by atoms with Gasteiger partial charge in [-0.2, -0.15) is 0 Å². The van der Waals surface area contributed by atoms with Crippen LogP contribution in [0.25, 0.3) is 99.2 Å². The van der Waals surface area contributed by atoms with Crippen LogP contribution in [0, 0.1) is 5.82 Å². The first-order valence-electron chi connectivity index (χ1n) is 34.9. The molecule has 0 bridgehead atoms. The Morgan fingerprint density at radius 3 is 1.82 bits per heavy atom. The first kappa shape index (κ1) is 77.9. The predicted molar refractivity (Wildman–Crippen MR) is 406 cm³/mol. The molecule has 13 aromatic rings. The second kappa shape index (κ2) is 35.6. The minimum Gasteiger partial charge on any atom is -0.508 e. The third-order valence-electron chi connectivity index (χ3n) is 17.4. The van der Waals surface area contributed by atoms with Crippen molar-refractivity contribution < 1.29 is 79.1 Å². The van der Waals surface area contributed by atoms with E-state index in [0.29, 0.717) is 188 Å². The molecule has 0 atom stereocenters. The number of aromatic nitrogens is 3. The fourth-order valence-electron chi connectivity index (χ4n) is 12.2. The number of phenols is 2. The number of halogens is 2. The number of alkyl carbamates (subject to hydrolysis) is 1. The lowest BCUT2D eigenvalue weighted by Crippen LogP contribution is -2.35. The molecule has 3 N–H and O–H groups in total. The zero-order chi connectivity index (χ0) is 77.6. The van der Waals surface area contributed by atoms with Crippen LogP contribution in [-0.4, -0.2) is 146 Å². The number of benzene rings is 6. The quantitative estimate of drug-likeness (QED) is 0.0353. The standard InChI is InChI=1S/C39H49N5O11.C23H18FNO6.C18H9ClO5/c1-39(2,3)55-38(47)40-12-16-50-20-21-51-19-15-44-24-28(41-42-44)26-52-34-11-10-29-30(31-22-27-8-6-7-9-33(27)53-37(31)46)23-35(45)54-36(29)32(34)25-43(13-17-48-4)14-18-49-5;24-14-1-4-20-13(9-14)10-17(23(28)30-20)16-11-21(27)31-22-15(16)2-3-19(26)18(22)12-25-5-7-29-8-6-25;19-10-1-4-15-9(5-10)6-14(18(22)24-15)13-8-17(21)23-16-7-11(20)2-3-12(13)16/h6-11,22-24H,12-21,25-26H2,1-5H3,(H,40,47);1-4,9-11,26H,5-8,12H2;1-8,20H. The van der Waals surface area contributed by atoms with Crippen molar-refractivity contribution in [2.75, 3.05) is 99.8 Å². The van der Waals surface area contributed by atoms with Gasteiger partial charge in [0.25, 0.3) is 0 Å². The molecule has 0 spiro atoms. The van der Waals surface area contributed by atoms with Crippen LogP contribution >= 0.6 is 11.6 Å². The molecule has 110 heavy (non-hydrogen) atoms. The average Bonchev–Trinajstić information content (AvgIpc) is 0.797. The molecule has 28 nitrogen and oxygen atoms in total. The van der Waals surface area contributed by atoms with E-state index in [0.717, 1.165) is 5.39 Å². The van der Waals surface area contributed by atoms with Gasteiger partial charge in [0.1, 0.15) is 74.5 Å². The third-order valence-corrected chi connectivity index (χ3v) is 17.6. The second-order valence-corrected chi connectivity index (χ2v) is 26.7. The van der Waals surface area contributed by atoms with E-state index in [1.165, 1.54) is 60.7 Å². The maximum Gasteiger partial charge on any atom is 0.407 e. The highest BCUT2D eigenvalue weighted by molar-refractivity contribution is 6.31. The fraction of sp³-hybridized carbons (Fsp3) is 0.287. The van der Waals surface area contributed by atoms with Crippen LogP contribution in [0.5, 0.6) is 17.2 Å². The molecule has 1 fully saturated rings. The minimum atomic E-state index is -0.671. The Hall–Kier alpha value is -11.7. The molecule has 0 aliphatic carbocycles. The number of phenolic OH excluding ortho intramolecular Hbond substituents is 2. The Morgan fingerprint density at radius 2 is 1.16 bits per heavy atom. The van der Waals surface area contributed by atoms with Crippen molar-refractivity contribution in [3.8, 4) is 50.6 Å². The molecule has 1 saturated heterocycles. The summed E-state index contributed by atoms with van der Waals surface area (Å²) in [6.07, 6.45) is 1.28. The number of amides is 1. The van der Waals surface area contributed by atoms with Gasteiger partial charge in [-0.15, -0.1) is 5.10 Å². The normalized spacial score (nSPS) is 12.6.